The maximum Gasteiger partial charge on any atom is 0.355 e. The number of carbonyl (C=O) groups is 3. The Hall–Kier alpha value is -3.80. The van der Waals surface area contributed by atoms with Crippen molar-refractivity contribution >= 4 is 23.6 Å². The minimum Gasteiger partial charge on any atom is -0.480 e. The molecule has 0 spiro atoms. The Morgan fingerprint density at radius 1 is 1.21 bits per heavy atom. The zero-order valence-electron chi connectivity index (χ0n) is 15.6. The molecule has 3 rings (SSSR count). The van der Waals surface area contributed by atoms with E-state index in [9.17, 15) is 14.4 Å². The number of esters is 2. The molecule has 1 aliphatic heterocycles. The van der Waals surface area contributed by atoms with Gasteiger partial charge in [0, 0.05) is 11.3 Å². The number of anilines is 1. The van der Waals surface area contributed by atoms with Crippen molar-refractivity contribution in [1.82, 2.24) is 20.2 Å². The van der Waals surface area contributed by atoms with Crippen LogP contribution in [-0.4, -0.2) is 70.8 Å². The molecule has 2 aromatic rings. The molecule has 0 saturated carbocycles. The van der Waals surface area contributed by atoms with Crippen molar-refractivity contribution in [2.75, 3.05) is 32.5 Å². The maximum atomic E-state index is 12.4. The SMILES string of the molecule is COC(=O)C1=C(C(=O)OC)N(c2cccc(-c3nnn(CC(=O)O)n3)c2)COC1. The van der Waals surface area contributed by atoms with Gasteiger partial charge < -0.3 is 24.2 Å². The number of hydrogen-bond acceptors (Lipinski definition) is 10. The molecular weight excluding hydrogens is 386 g/mol. The smallest absolute Gasteiger partial charge is 0.355 e. The molecule has 2 heterocycles. The maximum absolute atomic E-state index is 12.4. The van der Waals surface area contributed by atoms with E-state index in [-0.39, 0.29) is 30.4 Å². The van der Waals surface area contributed by atoms with Crippen LogP contribution in [0.5, 0.6) is 0 Å². The topological polar surface area (TPSA) is 146 Å². The van der Waals surface area contributed by atoms with Gasteiger partial charge in [0.2, 0.25) is 5.82 Å². The second kappa shape index (κ2) is 8.48. The summed E-state index contributed by atoms with van der Waals surface area (Å²) in [6.45, 7) is -0.531. The molecule has 0 amide bonds. The quantitative estimate of drug-likeness (QED) is 0.641. The van der Waals surface area contributed by atoms with E-state index in [1.54, 1.807) is 24.3 Å². The van der Waals surface area contributed by atoms with E-state index < -0.39 is 24.5 Å². The number of hydrogen-bond donors (Lipinski definition) is 1. The molecule has 0 aliphatic carbocycles. The lowest BCUT2D eigenvalue weighted by atomic mass is 10.1. The summed E-state index contributed by atoms with van der Waals surface area (Å²) in [6.07, 6.45) is 0. The van der Waals surface area contributed by atoms with Gasteiger partial charge in [0.25, 0.3) is 0 Å². The molecule has 29 heavy (non-hydrogen) atoms. The Bertz CT molecular complexity index is 984. The van der Waals surface area contributed by atoms with Gasteiger partial charge in [-0.2, -0.15) is 4.80 Å². The van der Waals surface area contributed by atoms with Crippen LogP contribution in [0.25, 0.3) is 11.4 Å². The van der Waals surface area contributed by atoms with Crippen LogP contribution in [0.1, 0.15) is 0 Å². The molecular formula is C17H17N5O7. The van der Waals surface area contributed by atoms with E-state index in [2.05, 4.69) is 15.4 Å². The standard InChI is InChI=1S/C17H17N5O7/c1-27-16(25)12-8-29-9-21(14(12)17(26)28-2)11-5-3-4-10(6-11)15-18-20-22(19-15)7-13(23)24/h3-6H,7-9H2,1-2H3,(H,23,24). The van der Waals surface area contributed by atoms with Crippen LogP contribution in [0.15, 0.2) is 35.5 Å². The Morgan fingerprint density at radius 3 is 2.66 bits per heavy atom. The monoisotopic (exact) mass is 403 g/mol. The van der Waals surface area contributed by atoms with Crippen molar-refractivity contribution in [1.29, 1.82) is 0 Å². The van der Waals surface area contributed by atoms with Gasteiger partial charge in [-0.05, 0) is 17.3 Å². The Balaban J connectivity index is 2.00. The van der Waals surface area contributed by atoms with Crippen LogP contribution < -0.4 is 4.90 Å². The summed E-state index contributed by atoms with van der Waals surface area (Å²) in [4.78, 5) is 37.6. The first kappa shape index (κ1) is 19.9. The molecule has 1 N–H and O–H groups in total. The average molecular weight is 403 g/mol. The van der Waals surface area contributed by atoms with Gasteiger partial charge in [-0.1, -0.05) is 12.1 Å². The molecule has 1 aliphatic rings. The van der Waals surface area contributed by atoms with Gasteiger partial charge in [0.05, 0.1) is 26.4 Å². The van der Waals surface area contributed by atoms with Gasteiger partial charge >= 0.3 is 17.9 Å². The third-order valence-corrected chi connectivity index (χ3v) is 3.98. The summed E-state index contributed by atoms with van der Waals surface area (Å²) in [5.41, 5.74) is 1.05. The van der Waals surface area contributed by atoms with Crippen molar-refractivity contribution in [2.45, 2.75) is 6.54 Å². The van der Waals surface area contributed by atoms with Crippen LogP contribution in [0.4, 0.5) is 5.69 Å². The molecule has 0 saturated heterocycles. The molecule has 0 fully saturated rings. The van der Waals surface area contributed by atoms with E-state index >= 15 is 0 Å². The Kier molecular flexibility index (Phi) is 5.83. The zero-order valence-corrected chi connectivity index (χ0v) is 15.6. The Morgan fingerprint density at radius 2 is 1.97 bits per heavy atom. The van der Waals surface area contributed by atoms with Gasteiger partial charge in [-0.25, -0.2) is 9.59 Å². The number of carboxylic acid groups (broad SMARTS) is 1. The van der Waals surface area contributed by atoms with Crippen LogP contribution in [0.3, 0.4) is 0 Å². The van der Waals surface area contributed by atoms with Gasteiger partial charge in [0.1, 0.15) is 12.4 Å². The van der Waals surface area contributed by atoms with Gasteiger partial charge in [0.15, 0.2) is 6.54 Å². The summed E-state index contributed by atoms with van der Waals surface area (Å²) >= 11 is 0. The number of tetrazole rings is 1. The van der Waals surface area contributed by atoms with E-state index in [0.717, 1.165) is 4.80 Å². The van der Waals surface area contributed by atoms with Crippen molar-refractivity contribution < 1.29 is 33.7 Å². The van der Waals surface area contributed by atoms with Crippen molar-refractivity contribution in [3.05, 3.63) is 35.5 Å². The molecule has 12 nitrogen and oxygen atoms in total. The number of rotatable bonds is 6. The lowest BCUT2D eigenvalue weighted by Crippen LogP contribution is -2.38. The highest BCUT2D eigenvalue weighted by Crippen LogP contribution is 2.29. The minimum atomic E-state index is -1.10. The first-order valence-corrected chi connectivity index (χ1v) is 8.29. The molecule has 152 valence electrons. The van der Waals surface area contributed by atoms with Crippen molar-refractivity contribution in [3.8, 4) is 11.4 Å². The summed E-state index contributed by atoms with van der Waals surface area (Å²) < 4.78 is 15.0. The number of aliphatic carboxylic acids is 1. The van der Waals surface area contributed by atoms with Gasteiger partial charge in [-0.3, -0.25) is 4.79 Å². The molecule has 1 aromatic heterocycles. The normalized spacial score (nSPS) is 13.9. The minimum absolute atomic E-state index is 0.00485. The average Bonchev–Trinajstić information content (AvgIpc) is 3.20. The van der Waals surface area contributed by atoms with Crippen LogP contribution in [-0.2, 0) is 35.1 Å². The number of carboxylic acids is 1. The predicted molar refractivity (Wildman–Crippen MR) is 95.2 cm³/mol. The lowest BCUT2D eigenvalue weighted by molar-refractivity contribution is -0.140. The van der Waals surface area contributed by atoms with Crippen LogP contribution in [0, 0.1) is 0 Å². The highest BCUT2D eigenvalue weighted by atomic mass is 16.5. The third-order valence-electron chi connectivity index (χ3n) is 3.98. The molecule has 0 unspecified atom stereocenters. The first-order chi connectivity index (χ1) is 13.9. The highest BCUT2D eigenvalue weighted by molar-refractivity contribution is 6.03. The number of nitrogens with zero attached hydrogens (tertiary/aromatic N) is 5. The molecule has 0 atom stereocenters. The van der Waals surface area contributed by atoms with E-state index in [0.29, 0.717) is 11.3 Å². The van der Waals surface area contributed by atoms with Gasteiger partial charge in [-0.15, -0.1) is 10.2 Å². The van der Waals surface area contributed by atoms with Crippen LogP contribution in [0.2, 0.25) is 0 Å². The fourth-order valence-corrected chi connectivity index (χ4v) is 2.71. The molecule has 1 aromatic carbocycles. The predicted octanol–water partition coefficient (Wildman–Crippen LogP) is -0.181. The molecule has 0 bridgehead atoms. The number of benzene rings is 1. The number of ether oxygens (including phenoxy) is 3. The van der Waals surface area contributed by atoms with Crippen molar-refractivity contribution in [2.24, 2.45) is 0 Å². The summed E-state index contributed by atoms with van der Waals surface area (Å²) in [5.74, 6) is -2.33. The zero-order chi connectivity index (χ0) is 21.0. The molecule has 12 heteroatoms. The summed E-state index contributed by atoms with van der Waals surface area (Å²) in [6, 6.07) is 6.72. The van der Waals surface area contributed by atoms with E-state index in [4.69, 9.17) is 19.3 Å². The molecule has 0 radical (unpaired) electrons. The third kappa shape index (κ3) is 4.21. The highest BCUT2D eigenvalue weighted by Gasteiger charge is 2.32. The second-order valence-electron chi connectivity index (χ2n) is 5.80. The van der Waals surface area contributed by atoms with E-state index in [1.165, 1.54) is 19.1 Å². The van der Waals surface area contributed by atoms with Crippen LogP contribution >= 0.6 is 0 Å². The van der Waals surface area contributed by atoms with Crippen molar-refractivity contribution in [3.63, 3.8) is 0 Å². The largest absolute Gasteiger partial charge is 0.480 e. The number of carbonyl (C=O) groups excluding carboxylic acids is 2. The fraction of sp³-hybridized carbons (Fsp3) is 0.294. The number of methoxy groups -OCH3 is 2. The fourth-order valence-electron chi connectivity index (χ4n) is 2.71. The number of aromatic nitrogens is 4. The van der Waals surface area contributed by atoms with E-state index in [1.807, 2.05) is 0 Å². The first-order valence-electron chi connectivity index (χ1n) is 8.29. The lowest BCUT2D eigenvalue weighted by Gasteiger charge is -2.31. The summed E-state index contributed by atoms with van der Waals surface area (Å²) in [7, 11) is 2.41. The second-order valence-corrected chi connectivity index (χ2v) is 5.80. The Labute approximate surface area is 164 Å². The summed E-state index contributed by atoms with van der Waals surface area (Å²) in [5, 5.41) is 20.4.